The van der Waals surface area contributed by atoms with Gasteiger partial charge in [-0.3, -0.25) is 4.79 Å². The van der Waals surface area contributed by atoms with Crippen molar-refractivity contribution in [1.29, 1.82) is 0 Å². The normalized spacial score (nSPS) is 21.1. The number of hydrogen-bond donors (Lipinski definition) is 1. The number of rotatable bonds is 3. The van der Waals surface area contributed by atoms with Gasteiger partial charge in [-0.25, -0.2) is 4.98 Å². The topological polar surface area (TPSA) is 58.2 Å². The third-order valence-electron chi connectivity index (χ3n) is 2.77. The SMILES string of the molecule is CCOC1CCCN(c2cc(=O)[nH]cn2)C1. The van der Waals surface area contributed by atoms with Gasteiger partial charge >= 0.3 is 0 Å². The van der Waals surface area contributed by atoms with Crippen LogP contribution in [0.15, 0.2) is 17.2 Å². The van der Waals surface area contributed by atoms with Crippen LogP contribution in [0.5, 0.6) is 0 Å². The summed E-state index contributed by atoms with van der Waals surface area (Å²) in [5.74, 6) is 0.744. The smallest absolute Gasteiger partial charge is 0.252 e. The van der Waals surface area contributed by atoms with Crippen LogP contribution in [0.1, 0.15) is 19.8 Å². The minimum atomic E-state index is -0.108. The van der Waals surface area contributed by atoms with E-state index in [1.165, 1.54) is 12.4 Å². The van der Waals surface area contributed by atoms with Gasteiger partial charge in [0, 0.05) is 25.8 Å². The van der Waals surface area contributed by atoms with Gasteiger partial charge in [0.15, 0.2) is 0 Å². The van der Waals surface area contributed by atoms with Gasteiger partial charge in [0.2, 0.25) is 0 Å². The van der Waals surface area contributed by atoms with Crippen LogP contribution in [0, 0.1) is 0 Å². The number of aromatic amines is 1. The molecule has 0 saturated carbocycles. The molecule has 0 aromatic carbocycles. The Labute approximate surface area is 94.5 Å². The van der Waals surface area contributed by atoms with Crippen molar-refractivity contribution in [1.82, 2.24) is 9.97 Å². The van der Waals surface area contributed by atoms with Crippen LogP contribution in [0.4, 0.5) is 5.82 Å². The predicted molar refractivity (Wildman–Crippen MR) is 61.7 cm³/mol. The lowest BCUT2D eigenvalue weighted by Crippen LogP contribution is -2.40. The first-order valence-corrected chi connectivity index (χ1v) is 5.71. The summed E-state index contributed by atoms with van der Waals surface area (Å²) in [5, 5.41) is 0. The summed E-state index contributed by atoms with van der Waals surface area (Å²) in [4.78, 5) is 20.0. The maximum Gasteiger partial charge on any atom is 0.252 e. The van der Waals surface area contributed by atoms with E-state index in [0.29, 0.717) is 0 Å². The molecule has 1 aromatic heterocycles. The lowest BCUT2D eigenvalue weighted by atomic mass is 10.1. The molecular formula is C11H17N3O2. The first-order chi connectivity index (χ1) is 7.79. The largest absolute Gasteiger partial charge is 0.377 e. The fourth-order valence-corrected chi connectivity index (χ4v) is 2.05. The molecule has 0 bridgehead atoms. The van der Waals surface area contributed by atoms with Gasteiger partial charge in [0.05, 0.1) is 12.4 Å². The van der Waals surface area contributed by atoms with Crippen LogP contribution in [0.3, 0.4) is 0 Å². The summed E-state index contributed by atoms with van der Waals surface area (Å²) in [6, 6.07) is 1.54. The minimum absolute atomic E-state index is 0.108. The van der Waals surface area contributed by atoms with Crippen molar-refractivity contribution in [2.45, 2.75) is 25.9 Å². The van der Waals surface area contributed by atoms with Crippen molar-refractivity contribution in [2.75, 3.05) is 24.6 Å². The first-order valence-electron chi connectivity index (χ1n) is 5.71. The second kappa shape index (κ2) is 5.12. The van der Waals surface area contributed by atoms with Crippen LogP contribution in [-0.4, -0.2) is 35.8 Å². The van der Waals surface area contributed by atoms with Crippen molar-refractivity contribution in [3.05, 3.63) is 22.7 Å². The van der Waals surface area contributed by atoms with E-state index in [-0.39, 0.29) is 11.7 Å². The zero-order chi connectivity index (χ0) is 11.4. The summed E-state index contributed by atoms with van der Waals surface area (Å²) >= 11 is 0. The molecule has 0 aliphatic carbocycles. The Morgan fingerprint density at radius 3 is 3.31 bits per heavy atom. The Bertz CT molecular complexity index is 389. The van der Waals surface area contributed by atoms with Gasteiger partial charge in [-0.15, -0.1) is 0 Å². The maximum atomic E-state index is 11.2. The van der Waals surface area contributed by atoms with Gasteiger partial charge in [-0.05, 0) is 19.8 Å². The Morgan fingerprint density at radius 1 is 1.69 bits per heavy atom. The number of nitrogens with zero attached hydrogens (tertiary/aromatic N) is 2. The lowest BCUT2D eigenvalue weighted by molar-refractivity contribution is 0.0525. The molecule has 1 aliphatic heterocycles. The molecule has 1 unspecified atom stereocenters. The van der Waals surface area contributed by atoms with E-state index in [0.717, 1.165) is 38.4 Å². The summed E-state index contributed by atoms with van der Waals surface area (Å²) in [7, 11) is 0. The number of H-pyrrole nitrogens is 1. The van der Waals surface area contributed by atoms with Crippen molar-refractivity contribution >= 4 is 5.82 Å². The summed E-state index contributed by atoms with van der Waals surface area (Å²) in [6.45, 7) is 4.51. The molecular weight excluding hydrogens is 206 g/mol. The highest BCUT2D eigenvalue weighted by Gasteiger charge is 2.20. The molecule has 1 N–H and O–H groups in total. The van der Waals surface area contributed by atoms with Crippen molar-refractivity contribution in [2.24, 2.45) is 0 Å². The molecule has 0 spiro atoms. The average molecular weight is 223 g/mol. The van der Waals surface area contributed by atoms with Crippen molar-refractivity contribution < 1.29 is 4.74 Å². The molecule has 1 aromatic rings. The standard InChI is InChI=1S/C11H17N3O2/c1-2-16-9-4-3-5-14(7-9)10-6-11(15)13-8-12-10/h6,8-9H,2-5,7H2,1H3,(H,12,13,15). The molecule has 16 heavy (non-hydrogen) atoms. The van der Waals surface area contributed by atoms with E-state index in [4.69, 9.17) is 4.74 Å². The van der Waals surface area contributed by atoms with Gasteiger partial charge in [-0.1, -0.05) is 0 Å². The molecule has 1 fully saturated rings. The Morgan fingerprint density at radius 2 is 2.56 bits per heavy atom. The molecule has 2 heterocycles. The molecule has 1 saturated heterocycles. The predicted octanol–water partition coefficient (Wildman–Crippen LogP) is 0.775. The first kappa shape index (κ1) is 11.1. The lowest BCUT2D eigenvalue weighted by Gasteiger charge is -2.33. The number of hydrogen-bond acceptors (Lipinski definition) is 4. The third kappa shape index (κ3) is 2.61. The second-order valence-electron chi connectivity index (χ2n) is 3.93. The van der Waals surface area contributed by atoms with Gasteiger partial charge in [-0.2, -0.15) is 0 Å². The highest BCUT2D eigenvalue weighted by Crippen LogP contribution is 2.17. The van der Waals surface area contributed by atoms with E-state index in [1.807, 2.05) is 6.92 Å². The van der Waals surface area contributed by atoms with Crippen LogP contribution in [0.2, 0.25) is 0 Å². The summed E-state index contributed by atoms with van der Waals surface area (Å²) < 4.78 is 5.61. The quantitative estimate of drug-likeness (QED) is 0.822. The molecule has 5 heteroatoms. The molecule has 88 valence electrons. The Hall–Kier alpha value is -1.36. The average Bonchev–Trinajstić information content (AvgIpc) is 2.30. The van der Waals surface area contributed by atoms with E-state index >= 15 is 0 Å². The summed E-state index contributed by atoms with van der Waals surface area (Å²) in [6.07, 6.45) is 3.88. The molecule has 5 nitrogen and oxygen atoms in total. The number of ether oxygens (including phenoxy) is 1. The minimum Gasteiger partial charge on any atom is -0.377 e. The van der Waals surface area contributed by atoms with Crippen molar-refractivity contribution in [3.8, 4) is 0 Å². The van der Waals surface area contributed by atoms with Gasteiger partial charge in [0.1, 0.15) is 5.82 Å². The van der Waals surface area contributed by atoms with E-state index in [1.54, 1.807) is 0 Å². The van der Waals surface area contributed by atoms with Crippen molar-refractivity contribution in [3.63, 3.8) is 0 Å². The summed E-state index contributed by atoms with van der Waals surface area (Å²) in [5.41, 5.74) is -0.108. The van der Waals surface area contributed by atoms with Crippen LogP contribution >= 0.6 is 0 Å². The Kier molecular flexibility index (Phi) is 3.56. The van der Waals surface area contributed by atoms with Crippen LogP contribution in [-0.2, 0) is 4.74 Å². The fraction of sp³-hybridized carbons (Fsp3) is 0.636. The monoisotopic (exact) mass is 223 g/mol. The highest BCUT2D eigenvalue weighted by atomic mass is 16.5. The zero-order valence-corrected chi connectivity index (χ0v) is 9.48. The molecule has 0 amide bonds. The fourth-order valence-electron chi connectivity index (χ4n) is 2.05. The van der Waals surface area contributed by atoms with Crippen LogP contribution < -0.4 is 10.5 Å². The van der Waals surface area contributed by atoms with Crippen LogP contribution in [0.25, 0.3) is 0 Å². The van der Waals surface area contributed by atoms with E-state index in [2.05, 4.69) is 14.9 Å². The molecule has 1 atom stereocenters. The van der Waals surface area contributed by atoms with E-state index in [9.17, 15) is 4.79 Å². The molecule has 0 radical (unpaired) electrons. The maximum absolute atomic E-state index is 11.2. The number of piperidine rings is 1. The number of aromatic nitrogens is 2. The second-order valence-corrected chi connectivity index (χ2v) is 3.93. The van der Waals surface area contributed by atoms with Gasteiger partial charge in [0.25, 0.3) is 5.56 Å². The Balaban J connectivity index is 2.06. The zero-order valence-electron chi connectivity index (χ0n) is 9.48. The molecule has 1 aliphatic rings. The van der Waals surface area contributed by atoms with Gasteiger partial charge < -0.3 is 14.6 Å². The van der Waals surface area contributed by atoms with E-state index < -0.39 is 0 Å². The third-order valence-corrected chi connectivity index (χ3v) is 2.77. The number of nitrogens with one attached hydrogen (secondary N) is 1. The highest BCUT2D eigenvalue weighted by molar-refractivity contribution is 5.37. The number of anilines is 1. The molecule has 2 rings (SSSR count).